The van der Waals surface area contributed by atoms with Gasteiger partial charge in [-0.25, -0.2) is 4.79 Å². The Morgan fingerprint density at radius 2 is 1.96 bits per heavy atom. The van der Waals surface area contributed by atoms with Gasteiger partial charge in [0.25, 0.3) is 0 Å². The third kappa shape index (κ3) is 4.39. The fraction of sp³-hybridized carbons (Fsp3) is 0.350. The minimum absolute atomic E-state index is 0.0724. The zero-order valence-corrected chi connectivity index (χ0v) is 15.1. The molecule has 0 fully saturated rings. The van der Waals surface area contributed by atoms with E-state index in [4.69, 9.17) is 9.47 Å². The predicted molar refractivity (Wildman–Crippen MR) is 96.0 cm³/mol. The topological polar surface area (TPSA) is 72.9 Å². The molecule has 1 amide bonds. The lowest BCUT2D eigenvalue weighted by molar-refractivity contribution is -0.149. The molecule has 138 valence electrons. The van der Waals surface area contributed by atoms with Gasteiger partial charge in [0.2, 0.25) is 5.91 Å². The summed E-state index contributed by atoms with van der Waals surface area (Å²) in [6.07, 6.45) is 1.56. The molecule has 6 heteroatoms. The van der Waals surface area contributed by atoms with Gasteiger partial charge >= 0.3 is 11.9 Å². The highest BCUT2D eigenvalue weighted by atomic mass is 16.5. The maximum atomic E-state index is 12.6. The van der Waals surface area contributed by atoms with Crippen molar-refractivity contribution < 1.29 is 23.9 Å². The lowest BCUT2D eigenvalue weighted by atomic mass is 9.83. The monoisotopic (exact) mass is 357 g/mol. The highest BCUT2D eigenvalue weighted by Crippen LogP contribution is 2.36. The summed E-state index contributed by atoms with van der Waals surface area (Å²) in [6.45, 7) is 6.96. The van der Waals surface area contributed by atoms with Crippen molar-refractivity contribution in [2.75, 3.05) is 19.8 Å². The van der Waals surface area contributed by atoms with Crippen molar-refractivity contribution in [3.8, 4) is 0 Å². The number of amides is 1. The Morgan fingerprint density at radius 1 is 1.27 bits per heavy atom. The van der Waals surface area contributed by atoms with Gasteiger partial charge in [-0.15, -0.1) is 0 Å². The van der Waals surface area contributed by atoms with Crippen molar-refractivity contribution in [2.24, 2.45) is 0 Å². The molecule has 6 nitrogen and oxygen atoms in total. The van der Waals surface area contributed by atoms with Gasteiger partial charge in [-0.05, 0) is 19.4 Å². The largest absolute Gasteiger partial charge is 0.465 e. The van der Waals surface area contributed by atoms with Crippen molar-refractivity contribution in [1.29, 1.82) is 0 Å². The maximum Gasteiger partial charge on any atom is 0.336 e. The second-order valence-corrected chi connectivity index (χ2v) is 5.84. The van der Waals surface area contributed by atoms with Crippen LogP contribution in [0.15, 0.2) is 54.3 Å². The molecule has 0 saturated heterocycles. The Bertz CT molecular complexity index is 723. The SMILES string of the molecule is C=CCOC(=O)C1=C(C)N(CC(=O)OCC)C(=O)CC1c1ccccc1. The molecule has 1 aromatic carbocycles. The third-order valence-corrected chi connectivity index (χ3v) is 4.17. The number of ether oxygens (including phenoxy) is 2. The highest BCUT2D eigenvalue weighted by Gasteiger charge is 2.37. The molecule has 26 heavy (non-hydrogen) atoms. The summed E-state index contributed by atoms with van der Waals surface area (Å²) in [7, 11) is 0. The molecule has 1 aromatic rings. The summed E-state index contributed by atoms with van der Waals surface area (Å²) in [5.74, 6) is -1.68. The van der Waals surface area contributed by atoms with E-state index in [-0.39, 0.29) is 32.1 Å². The van der Waals surface area contributed by atoms with Crippen LogP contribution < -0.4 is 0 Å². The number of benzene rings is 1. The fourth-order valence-electron chi connectivity index (χ4n) is 2.99. The molecule has 1 aliphatic rings. The van der Waals surface area contributed by atoms with Crippen LogP contribution in [0.1, 0.15) is 31.7 Å². The molecule has 1 heterocycles. The molecule has 0 aliphatic carbocycles. The molecule has 0 bridgehead atoms. The van der Waals surface area contributed by atoms with Crippen molar-refractivity contribution in [3.63, 3.8) is 0 Å². The number of carbonyl (C=O) groups is 3. The minimum atomic E-state index is -0.517. The molecular formula is C20H23NO5. The van der Waals surface area contributed by atoms with Crippen LogP contribution in [0.3, 0.4) is 0 Å². The second kappa shape index (κ2) is 8.99. The third-order valence-electron chi connectivity index (χ3n) is 4.17. The van der Waals surface area contributed by atoms with Crippen molar-refractivity contribution in [3.05, 3.63) is 59.8 Å². The molecule has 0 N–H and O–H groups in total. The molecule has 1 aliphatic heterocycles. The first-order valence-corrected chi connectivity index (χ1v) is 8.49. The van der Waals surface area contributed by atoms with Crippen LogP contribution in [0.25, 0.3) is 0 Å². The van der Waals surface area contributed by atoms with Gasteiger partial charge in [0.1, 0.15) is 13.2 Å². The predicted octanol–water partition coefficient (Wildman–Crippen LogP) is 2.57. The number of hydrogen-bond donors (Lipinski definition) is 0. The molecule has 1 unspecified atom stereocenters. The van der Waals surface area contributed by atoms with Crippen LogP contribution in [-0.4, -0.2) is 42.5 Å². The van der Waals surface area contributed by atoms with Gasteiger partial charge in [-0.1, -0.05) is 43.0 Å². The zero-order valence-electron chi connectivity index (χ0n) is 15.1. The van der Waals surface area contributed by atoms with Gasteiger partial charge < -0.3 is 14.4 Å². The van der Waals surface area contributed by atoms with Crippen molar-refractivity contribution in [2.45, 2.75) is 26.2 Å². The second-order valence-electron chi connectivity index (χ2n) is 5.84. The Morgan fingerprint density at radius 3 is 2.58 bits per heavy atom. The number of nitrogens with zero attached hydrogens (tertiary/aromatic N) is 1. The van der Waals surface area contributed by atoms with Crippen LogP contribution in [0.2, 0.25) is 0 Å². The average molecular weight is 357 g/mol. The lowest BCUT2D eigenvalue weighted by Gasteiger charge is -2.33. The first kappa shape index (κ1) is 19.4. The number of hydrogen-bond acceptors (Lipinski definition) is 5. The summed E-state index contributed by atoms with van der Waals surface area (Å²) in [6, 6.07) is 9.31. The van der Waals surface area contributed by atoms with Crippen molar-refractivity contribution in [1.82, 2.24) is 4.90 Å². The molecule has 0 aromatic heterocycles. The van der Waals surface area contributed by atoms with E-state index in [2.05, 4.69) is 6.58 Å². The van der Waals surface area contributed by atoms with Crippen LogP contribution in [0.5, 0.6) is 0 Å². The minimum Gasteiger partial charge on any atom is -0.465 e. The van der Waals surface area contributed by atoms with Crippen LogP contribution in [0.4, 0.5) is 0 Å². The van der Waals surface area contributed by atoms with Crippen LogP contribution in [0, 0.1) is 0 Å². The highest BCUT2D eigenvalue weighted by molar-refractivity contribution is 5.96. The van der Waals surface area contributed by atoms with E-state index in [0.717, 1.165) is 5.56 Å². The van der Waals surface area contributed by atoms with Crippen LogP contribution >= 0.6 is 0 Å². The first-order valence-electron chi connectivity index (χ1n) is 8.49. The van der Waals surface area contributed by atoms with E-state index in [1.54, 1.807) is 13.8 Å². The normalized spacial score (nSPS) is 17.1. The summed E-state index contributed by atoms with van der Waals surface area (Å²) >= 11 is 0. The number of allylic oxidation sites excluding steroid dienone is 1. The smallest absolute Gasteiger partial charge is 0.336 e. The Hall–Kier alpha value is -2.89. The van der Waals surface area contributed by atoms with E-state index in [9.17, 15) is 14.4 Å². The Labute approximate surface area is 153 Å². The quantitative estimate of drug-likeness (QED) is 0.554. The molecule has 1 atom stereocenters. The van der Waals surface area contributed by atoms with Gasteiger partial charge in [0.15, 0.2) is 0 Å². The Balaban J connectivity index is 2.42. The molecule has 0 spiro atoms. The standard InChI is InChI=1S/C20H23NO5/c1-4-11-26-20(24)19-14(3)21(13-18(23)25-5-2)17(22)12-16(19)15-9-7-6-8-10-15/h4,6-10,16H,1,5,11-13H2,2-3H3. The number of esters is 2. The van der Waals surface area contributed by atoms with Crippen LogP contribution in [-0.2, 0) is 23.9 Å². The first-order chi connectivity index (χ1) is 12.5. The van der Waals surface area contributed by atoms with E-state index < -0.39 is 17.9 Å². The summed E-state index contributed by atoms with van der Waals surface area (Å²) in [5, 5.41) is 0. The molecule has 0 saturated carbocycles. The van der Waals surface area contributed by atoms with E-state index in [1.807, 2.05) is 30.3 Å². The lowest BCUT2D eigenvalue weighted by Crippen LogP contribution is -2.41. The maximum absolute atomic E-state index is 12.6. The van der Waals surface area contributed by atoms with E-state index >= 15 is 0 Å². The molecular weight excluding hydrogens is 334 g/mol. The fourth-order valence-corrected chi connectivity index (χ4v) is 2.99. The average Bonchev–Trinajstić information content (AvgIpc) is 2.63. The van der Waals surface area contributed by atoms with E-state index in [0.29, 0.717) is 11.3 Å². The molecule has 0 radical (unpaired) electrons. The molecule has 2 rings (SSSR count). The number of carbonyl (C=O) groups excluding carboxylic acids is 3. The summed E-state index contributed by atoms with van der Waals surface area (Å²) in [5.41, 5.74) is 1.64. The van der Waals surface area contributed by atoms with Crippen molar-refractivity contribution >= 4 is 17.8 Å². The summed E-state index contributed by atoms with van der Waals surface area (Å²) < 4.78 is 10.1. The zero-order chi connectivity index (χ0) is 19.1. The Kier molecular flexibility index (Phi) is 6.72. The van der Waals surface area contributed by atoms with E-state index in [1.165, 1.54) is 11.0 Å². The van der Waals surface area contributed by atoms with Gasteiger partial charge in [0, 0.05) is 18.0 Å². The van der Waals surface area contributed by atoms with Gasteiger partial charge in [-0.3, -0.25) is 9.59 Å². The van der Waals surface area contributed by atoms with Gasteiger partial charge in [0.05, 0.1) is 12.2 Å². The summed E-state index contributed by atoms with van der Waals surface area (Å²) in [4.78, 5) is 38.4. The number of rotatable bonds is 7. The van der Waals surface area contributed by atoms with Gasteiger partial charge in [-0.2, -0.15) is 0 Å².